The van der Waals surface area contributed by atoms with Gasteiger partial charge in [0.05, 0.1) is 11.7 Å². The number of sulfonamides is 1. The molecule has 0 bridgehead atoms. The zero-order valence-corrected chi connectivity index (χ0v) is 12.7. The van der Waals surface area contributed by atoms with Crippen molar-refractivity contribution >= 4 is 16.0 Å². The molecule has 116 valence electrons. The van der Waals surface area contributed by atoms with Crippen LogP contribution in [-0.2, 0) is 20.6 Å². The van der Waals surface area contributed by atoms with E-state index in [1.54, 1.807) is 24.3 Å². The monoisotopic (exact) mass is 311 g/mol. The minimum atomic E-state index is -3.53. The molecule has 2 rings (SSSR count). The highest BCUT2D eigenvalue weighted by molar-refractivity contribution is 7.88. The first-order valence-corrected chi connectivity index (χ1v) is 8.90. The van der Waals surface area contributed by atoms with Crippen LogP contribution in [0.25, 0.3) is 0 Å². The largest absolute Gasteiger partial charge is 0.481 e. The third-order valence-corrected chi connectivity index (χ3v) is 5.24. The molecular formula is C15H21NO4S. The highest BCUT2D eigenvalue weighted by Crippen LogP contribution is 2.24. The van der Waals surface area contributed by atoms with Crippen LogP contribution in [0.3, 0.4) is 0 Å². The Kier molecular flexibility index (Phi) is 5.36. The summed E-state index contributed by atoms with van der Waals surface area (Å²) in [7, 11) is -3.53. The molecule has 0 heterocycles. The van der Waals surface area contributed by atoms with Gasteiger partial charge in [0, 0.05) is 6.04 Å². The Balaban J connectivity index is 2.08. The fraction of sp³-hybridized carbons (Fsp3) is 0.533. The summed E-state index contributed by atoms with van der Waals surface area (Å²) in [5, 5.41) is 9.29. The van der Waals surface area contributed by atoms with Crippen LogP contribution in [0.4, 0.5) is 0 Å². The van der Waals surface area contributed by atoms with Crippen LogP contribution in [0.5, 0.6) is 0 Å². The Morgan fingerprint density at radius 1 is 1.14 bits per heavy atom. The smallest absolute Gasteiger partial charge is 0.308 e. The number of carboxylic acid groups (broad SMARTS) is 1. The third kappa shape index (κ3) is 4.82. The molecule has 1 saturated carbocycles. The number of benzene rings is 1. The molecule has 0 aliphatic heterocycles. The molecule has 5 nitrogen and oxygen atoms in total. The van der Waals surface area contributed by atoms with Crippen molar-refractivity contribution in [3.63, 3.8) is 0 Å². The van der Waals surface area contributed by atoms with Gasteiger partial charge in [-0.15, -0.1) is 0 Å². The topological polar surface area (TPSA) is 83.5 Å². The second-order valence-corrected chi connectivity index (χ2v) is 7.31. The number of nitrogens with one attached hydrogen (secondary N) is 1. The quantitative estimate of drug-likeness (QED) is 0.816. The van der Waals surface area contributed by atoms with Crippen molar-refractivity contribution < 1.29 is 18.3 Å². The molecule has 0 spiro atoms. The maximum absolute atomic E-state index is 12.2. The molecular weight excluding hydrogens is 290 g/mol. The maximum Gasteiger partial charge on any atom is 0.308 e. The lowest BCUT2D eigenvalue weighted by molar-refractivity contribution is -0.142. The van der Waals surface area contributed by atoms with Gasteiger partial charge in [-0.1, -0.05) is 49.6 Å². The second-order valence-electron chi connectivity index (χ2n) is 5.55. The van der Waals surface area contributed by atoms with Crippen LogP contribution in [0.1, 0.15) is 37.7 Å². The first kappa shape index (κ1) is 16.0. The summed E-state index contributed by atoms with van der Waals surface area (Å²) in [6.07, 6.45) is 3.79. The number of carbonyl (C=O) groups is 1. The third-order valence-electron chi connectivity index (χ3n) is 3.86. The molecule has 2 N–H and O–H groups in total. The molecule has 0 amide bonds. The summed E-state index contributed by atoms with van der Waals surface area (Å²) in [5.74, 6) is -1.65. The first-order chi connectivity index (χ1) is 9.98. The average Bonchev–Trinajstić information content (AvgIpc) is 2.64. The van der Waals surface area contributed by atoms with Crippen LogP contribution >= 0.6 is 0 Å². The van der Waals surface area contributed by atoms with E-state index in [9.17, 15) is 18.3 Å². The van der Waals surface area contributed by atoms with E-state index >= 15 is 0 Å². The molecule has 1 aromatic rings. The summed E-state index contributed by atoms with van der Waals surface area (Å²) in [6.45, 7) is 0. The fourth-order valence-corrected chi connectivity index (χ4v) is 4.27. The summed E-state index contributed by atoms with van der Waals surface area (Å²) < 4.78 is 27.1. The molecule has 0 aromatic heterocycles. The summed E-state index contributed by atoms with van der Waals surface area (Å²) >= 11 is 0. The summed E-state index contributed by atoms with van der Waals surface area (Å²) in [6, 6.07) is 8.41. The average molecular weight is 311 g/mol. The number of rotatable bonds is 5. The fourth-order valence-electron chi connectivity index (χ4n) is 2.81. The normalized spacial score (nSPS) is 23.4. The molecule has 1 aliphatic carbocycles. The molecule has 1 fully saturated rings. The van der Waals surface area contributed by atoms with E-state index in [2.05, 4.69) is 4.72 Å². The summed E-state index contributed by atoms with van der Waals surface area (Å²) in [5.41, 5.74) is 0.700. The maximum atomic E-state index is 12.2. The SMILES string of the molecule is O=C(O)C1CCCCCC1NS(=O)(=O)Cc1ccccc1. The Bertz CT molecular complexity index is 571. The van der Waals surface area contributed by atoms with Gasteiger partial charge >= 0.3 is 5.97 Å². The Morgan fingerprint density at radius 3 is 2.48 bits per heavy atom. The van der Waals surface area contributed by atoms with Crippen molar-refractivity contribution in [2.75, 3.05) is 0 Å². The van der Waals surface area contributed by atoms with Gasteiger partial charge in [0.25, 0.3) is 0 Å². The number of aliphatic carboxylic acids is 1. The molecule has 0 saturated heterocycles. The van der Waals surface area contributed by atoms with Crippen molar-refractivity contribution in [2.24, 2.45) is 5.92 Å². The van der Waals surface area contributed by atoms with Crippen molar-refractivity contribution in [1.29, 1.82) is 0 Å². The lowest BCUT2D eigenvalue weighted by Crippen LogP contribution is -2.43. The molecule has 1 aliphatic rings. The Hall–Kier alpha value is -1.40. The van der Waals surface area contributed by atoms with E-state index in [1.807, 2.05) is 6.07 Å². The van der Waals surface area contributed by atoms with Crippen LogP contribution < -0.4 is 4.72 Å². The molecule has 6 heteroatoms. The van der Waals surface area contributed by atoms with Crippen LogP contribution in [0, 0.1) is 5.92 Å². The molecule has 2 atom stereocenters. The first-order valence-electron chi connectivity index (χ1n) is 7.25. The van der Waals surface area contributed by atoms with Crippen LogP contribution in [-0.4, -0.2) is 25.5 Å². The second kappa shape index (κ2) is 7.04. The lowest BCUT2D eigenvalue weighted by atomic mass is 9.96. The van der Waals surface area contributed by atoms with Gasteiger partial charge in [-0.25, -0.2) is 13.1 Å². The molecule has 0 radical (unpaired) electrons. The molecule has 1 aromatic carbocycles. The van der Waals surface area contributed by atoms with Crippen molar-refractivity contribution in [1.82, 2.24) is 4.72 Å². The van der Waals surface area contributed by atoms with Gasteiger partial charge in [0.2, 0.25) is 10.0 Å². The standard InChI is InChI=1S/C15H21NO4S/c17-15(18)13-9-5-2-6-10-14(13)16-21(19,20)11-12-7-3-1-4-8-12/h1,3-4,7-8,13-14,16H,2,5-6,9-11H2,(H,17,18). The van der Waals surface area contributed by atoms with E-state index in [4.69, 9.17) is 0 Å². The minimum absolute atomic E-state index is 0.114. The number of hydrogen-bond acceptors (Lipinski definition) is 3. The Morgan fingerprint density at radius 2 is 1.81 bits per heavy atom. The van der Waals surface area contributed by atoms with E-state index in [0.29, 0.717) is 18.4 Å². The van der Waals surface area contributed by atoms with Crippen molar-refractivity contribution in [2.45, 2.75) is 43.9 Å². The zero-order chi connectivity index (χ0) is 15.3. The van der Waals surface area contributed by atoms with Crippen LogP contribution in [0.2, 0.25) is 0 Å². The highest BCUT2D eigenvalue weighted by atomic mass is 32.2. The van der Waals surface area contributed by atoms with E-state index in [-0.39, 0.29) is 5.75 Å². The molecule has 2 unspecified atom stereocenters. The number of carboxylic acids is 1. The van der Waals surface area contributed by atoms with Crippen molar-refractivity contribution in [3.05, 3.63) is 35.9 Å². The predicted octanol–water partition coefficient (Wildman–Crippen LogP) is 2.14. The zero-order valence-electron chi connectivity index (χ0n) is 11.9. The van der Waals surface area contributed by atoms with Gasteiger partial charge in [0.15, 0.2) is 0 Å². The van der Waals surface area contributed by atoms with Gasteiger partial charge in [-0.3, -0.25) is 4.79 Å². The van der Waals surface area contributed by atoms with Gasteiger partial charge in [0.1, 0.15) is 0 Å². The van der Waals surface area contributed by atoms with E-state index in [1.165, 1.54) is 0 Å². The Labute approximate surface area is 125 Å². The number of hydrogen-bond donors (Lipinski definition) is 2. The lowest BCUT2D eigenvalue weighted by Gasteiger charge is -2.22. The minimum Gasteiger partial charge on any atom is -0.481 e. The predicted molar refractivity (Wildman–Crippen MR) is 80.2 cm³/mol. The van der Waals surface area contributed by atoms with E-state index < -0.39 is 28.0 Å². The van der Waals surface area contributed by atoms with Gasteiger partial charge in [-0.05, 0) is 18.4 Å². The highest BCUT2D eigenvalue weighted by Gasteiger charge is 2.32. The van der Waals surface area contributed by atoms with E-state index in [0.717, 1.165) is 19.3 Å². The van der Waals surface area contributed by atoms with Gasteiger partial charge in [-0.2, -0.15) is 0 Å². The van der Waals surface area contributed by atoms with Crippen molar-refractivity contribution in [3.8, 4) is 0 Å². The molecule has 21 heavy (non-hydrogen) atoms. The van der Waals surface area contributed by atoms with Crippen LogP contribution in [0.15, 0.2) is 30.3 Å². The summed E-state index contributed by atoms with van der Waals surface area (Å²) in [4.78, 5) is 11.3. The van der Waals surface area contributed by atoms with Gasteiger partial charge < -0.3 is 5.11 Å².